The van der Waals surface area contributed by atoms with Gasteiger partial charge < -0.3 is 9.84 Å². The lowest BCUT2D eigenvalue weighted by Crippen LogP contribution is -2.21. The summed E-state index contributed by atoms with van der Waals surface area (Å²) >= 11 is 0. The summed E-state index contributed by atoms with van der Waals surface area (Å²) in [6.45, 7) is -1.21. The van der Waals surface area contributed by atoms with Gasteiger partial charge in [-0.25, -0.2) is 4.39 Å². The molecule has 0 aliphatic rings. The first-order valence-corrected chi connectivity index (χ1v) is 4.17. The first-order valence-electron chi connectivity index (χ1n) is 4.17. The third kappa shape index (κ3) is 3.22. The van der Waals surface area contributed by atoms with Crippen molar-refractivity contribution in [1.82, 2.24) is 4.98 Å². The van der Waals surface area contributed by atoms with Gasteiger partial charge in [0, 0.05) is 6.20 Å². The minimum atomic E-state index is -5.41. The molecule has 0 aliphatic carbocycles. The summed E-state index contributed by atoms with van der Waals surface area (Å²) in [6.07, 6.45) is -10.7. The van der Waals surface area contributed by atoms with Crippen molar-refractivity contribution in [2.45, 2.75) is 19.1 Å². The Labute approximate surface area is 94.8 Å². The lowest BCUT2D eigenvalue weighted by atomic mass is 10.2. The zero-order chi connectivity index (χ0) is 14.1. The Kier molecular flexibility index (Phi) is 3.70. The van der Waals surface area contributed by atoms with E-state index in [1.54, 1.807) is 0 Å². The second-order valence-corrected chi connectivity index (χ2v) is 2.97. The third-order valence-electron chi connectivity index (χ3n) is 1.72. The van der Waals surface area contributed by atoms with Gasteiger partial charge in [-0.15, -0.1) is 13.2 Å². The summed E-state index contributed by atoms with van der Waals surface area (Å²) < 4.78 is 88.7. The summed E-state index contributed by atoms with van der Waals surface area (Å²) in [5, 5.41) is 8.58. The van der Waals surface area contributed by atoms with Gasteiger partial charge in [0.2, 0.25) is 0 Å². The Morgan fingerprint density at radius 1 is 1.17 bits per heavy atom. The van der Waals surface area contributed by atoms with Crippen molar-refractivity contribution < 1.29 is 40.6 Å². The van der Waals surface area contributed by atoms with Crippen LogP contribution in [0, 0.1) is 5.82 Å². The largest absolute Gasteiger partial charge is 0.573 e. The van der Waals surface area contributed by atoms with Crippen LogP contribution in [0.4, 0.5) is 30.7 Å². The van der Waals surface area contributed by atoms with Gasteiger partial charge in [-0.3, -0.25) is 4.98 Å². The monoisotopic (exact) mass is 279 g/mol. The average Bonchev–Trinajstić information content (AvgIpc) is 2.17. The molecule has 18 heavy (non-hydrogen) atoms. The molecule has 0 spiro atoms. The summed E-state index contributed by atoms with van der Waals surface area (Å²) in [4.78, 5) is 2.87. The first-order chi connectivity index (χ1) is 8.06. The number of pyridine rings is 1. The molecule has 10 heteroatoms. The van der Waals surface area contributed by atoms with Crippen LogP contribution in [0.25, 0.3) is 0 Å². The van der Waals surface area contributed by atoms with E-state index >= 15 is 0 Å². The maximum absolute atomic E-state index is 13.3. The van der Waals surface area contributed by atoms with Crippen molar-refractivity contribution in [1.29, 1.82) is 0 Å². The summed E-state index contributed by atoms with van der Waals surface area (Å²) in [5.74, 6) is -4.07. The van der Waals surface area contributed by atoms with Gasteiger partial charge in [-0.1, -0.05) is 0 Å². The quantitative estimate of drug-likeness (QED) is 0.846. The van der Waals surface area contributed by atoms with Crippen LogP contribution >= 0.6 is 0 Å². The van der Waals surface area contributed by atoms with E-state index in [2.05, 4.69) is 9.72 Å². The van der Waals surface area contributed by atoms with Gasteiger partial charge in [-0.05, 0) is 0 Å². The van der Waals surface area contributed by atoms with E-state index in [9.17, 15) is 30.7 Å². The van der Waals surface area contributed by atoms with Gasteiger partial charge >= 0.3 is 12.5 Å². The topological polar surface area (TPSA) is 42.4 Å². The maximum atomic E-state index is 13.3. The van der Waals surface area contributed by atoms with Gasteiger partial charge in [0.1, 0.15) is 11.3 Å². The standard InChI is InChI=1S/C8H4F7NO2/c9-5-3(7(10,11)12)1-16-4(2-17)6(5)18-8(13,14)15/h1,17H,2H2. The fourth-order valence-electron chi connectivity index (χ4n) is 1.04. The van der Waals surface area contributed by atoms with Crippen LogP contribution in [0.1, 0.15) is 11.3 Å². The smallest absolute Gasteiger partial charge is 0.401 e. The van der Waals surface area contributed by atoms with Crippen molar-refractivity contribution >= 4 is 0 Å². The fraction of sp³-hybridized carbons (Fsp3) is 0.375. The highest BCUT2D eigenvalue weighted by Crippen LogP contribution is 2.37. The van der Waals surface area contributed by atoms with Crippen LogP contribution in [0.5, 0.6) is 5.75 Å². The van der Waals surface area contributed by atoms with Crippen LogP contribution in [-0.2, 0) is 12.8 Å². The van der Waals surface area contributed by atoms with Crippen LogP contribution in [-0.4, -0.2) is 16.5 Å². The average molecular weight is 279 g/mol. The minimum absolute atomic E-state index is 0.0237. The van der Waals surface area contributed by atoms with Gasteiger partial charge in [0.25, 0.3) is 0 Å². The minimum Gasteiger partial charge on any atom is -0.401 e. The number of hydrogen-bond acceptors (Lipinski definition) is 3. The number of aliphatic hydroxyl groups excluding tert-OH is 1. The van der Waals surface area contributed by atoms with Crippen molar-refractivity contribution in [3.63, 3.8) is 0 Å². The Bertz CT molecular complexity index is 440. The number of nitrogens with zero attached hydrogens (tertiary/aromatic N) is 1. The van der Waals surface area contributed by atoms with Crippen molar-refractivity contribution in [3.8, 4) is 5.75 Å². The third-order valence-corrected chi connectivity index (χ3v) is 1.72. The predicted octanol–water partition coefficient (Wildman–Crippen LogP) is 2.63. The lowest BCUT2D eigenvalue weighted by molar-refractivity contribution is -0.276. The summed E-state index contributed by atoms with van der Waals surface area (Å²) in [6, 6.07) is 0. The number of alkyl halides is 6. The van der Waals surface area contributed by atoms with E-state index in [-0.39, 0.29) is 6.20 Å². The molecule has 0 aromatic carbocycles. The molecule has 3 nitrogen and oxygen atoms in total. The van der Waals surface area contributed by atoms with E-state index in [1.807, 2.05) is 0 Å². The zero-order valence-electron chi connectivity index (χ0n) is 8.23. The molecule has 0 saturated heterocycles. The molecule has 1 rings (SSSR count). The van der Waals surface area contributed by atoms with Crippen LogP contribution in [0.2, 0.25) is 0 Å². The Morgan fingerprint density at radius 3 is 2.11 bits per heavy atom. The van der Waals surface area contributed by atoms with Gasteiger partial charge in [0.15, 0.2) is 11.6 Å². The molecule has 0 unspecified atom stereocenters. The van der Waals surface area contributed by atoms with Gasteiger partial charge in [-0.2, -0.15) is 13.2 Å². The number of aromatic nitrogens is 1. The molecule has 0 radical (unpaired) electrons. The number of hydrogen-bond donors (Lipinski definition) is 1. The molecule has 0 amide bonds. The van der Waals surface area contributed by atoms with Crippen molar-refractivity contribution in [2.24, 2.45) is 0 Å². The SMILES string of the molecule is OCc1ncc(C(F)(F)F)c(F)c1OC(F)(F)F. The Balaban J connectivity index is 3.37. The molecule has 0 atom stereocenters. The predicted molar refractivity (Wildman–Crippen MR) is 41.8 cm³/mol. The maximum Gasteiger partial charge on any atom is 0.573 e. The molecular weight excluding hydrogens is 275 g/mol. The molecule has 102 valence electrons. The molecule has 0 saturated carbocycles. The molecule has 1 aromatic rings. The normalized spacial score (nSPS) is 12.7. The number of aliphatic hydroxyl groups is 1. The highest BCUT2D eigenvalue weighted by atomic mass is 19.4. The van der Waals surface area contributed by atoms with Crippen molar-refractivity contribution in [3.05, 3.63) is 23.3 Å². The van der Waals surface area contributed by atoms with E-state index in [4.69, 9.17) is 5.11 Å². The van der Waals surface area contributed by atoms with Crippen LogP contribution in [0.15, 0.2) is 6.20 Å². The second kappa shape index (κ2) is 4.59. The van der Waals surface area contributed by atoms with E-state index < -0.39 is 42.0 Å². The highest BCUT2D eigenvalue weighted by molar-refractivity contribution is 5.35. The van der Waals surface area contributed by atoms with Crippen molar-refractivity contribution in [2.75, 3.05) is 0 Å². The molecule has 0 aliphatic heterocycles. The molecule has 1 N–H and O–H groups in total. The zero-order valence-corrected chi connectivity index (χ0v) is 8.23. The van der Waals surface area contributed by atoms with Gasteiger partial charge in [0.05, 0.1) is 6.61 Å². The number of rotatable bonds is 2. The van der Waals surface area contributed by atoms with E-state index in [1.165, 1.54) is 0 Å². The molecule has 1 heterocycles. The fourth-order valence-corrected chi connectivity index (χ4v) is 1.04. The van der Waals surface area contributed by atoms with E-state index in [0.29, 0.717) is 0 Å². The Morgan fingerprint density at radius 2 is 1.72 bits per heavy atom. The molecule has 1 aromatic heterocycles. The van der Waals surface area contributed by atoms with E-state index in [0.717, 1.165) is 0 Å². The summed E-state index contributed by atoms with van der Waals surface area (Å²) in [5.41, 5.74) is -3.00. The molecule has 0 bridgehead atoms. The number of ether oxygens (including phenoxy) is 1. The lowest BCUT2D eigenvalue weighted by Gasteiger charge is -2.15. The molecular formula is C8H4F7NO2. The second-order valence-electron chi connectivity index (χ2n) is 2.97. The molecule has 0 fully saturated rings. The Hall–Kier alpha value is -1.58. The van der Waals surface area contributed by atoms with Crippen LogP contribution < -0.4 is 4.74 Å². The first kappa shape index (κ1) is 14.5. The van der Waals surface area contributed by atoms with Crippen LogP contribution in [0.3, 0.4) is 0 Å². The highest BCUT2D eigenvalue weighted by Gasteiger charge is 2.40. The number of halogens is 7. The summed E-state index contributed by atoms with van der Waals surface area (Å²) in [7, 11) is 0.